The highest BCUT2D eigenvalue weighted by Crippen LogP contribution is 2.12. The van der Waals surface area contributed by atoms with Crippen LogP contribution in [-0.4, -0.2) is 31.2 Å². The maximum Gasteiger partial charge on any atom is 0.321 e. The highest BCUT2D eigenvalue weighted by molar-refractivity contribution is 5.75. The molecule has 0 aliphatic carbocycles. The summed E-state index contributed by atoms with van der Waals surface area (Å²) in [5, 5.41) is 2.84. The van der Waals surface area contributed by atoms with Crippen LogP contribution in [0.4, 0.5) is 4.79 Å². The summed E-state index contributed by atoms with van der Waals surface area (Å²) in [6.07, 6.45) is 3.64. The predicted molar refractivity (Wildman–Crippen MR) is 74.6 cm³/mol. The Hall–Kier alpha value is -1.81. The molecule has 1 aliphatic rings. The van der Waals surface area contributed by atoms with E-state index in [-0.39, 0.29) is 6.03 Å². The van der Waals surface area contributed by atoms with E-state index in [1.807, 2.05) is 36.5 Å². The summed E-state index contributed by atoms with van der Waals surface area (Å²) in [7, 11) is 1.80. The van der Waals surface area contributed by atoms with Crippen molar-refractivity contribution in [3.05, 3.63) is 47.7 Å². The number of hydrogen-bond acceptors (Lipinski definition) is 2. The van der Waals surface area contributed by atoms with E-state index in [0.717, 1.165) is 31.6 Å². The molecule has 4 heteroatoms. The van der Waals surface area contributed by atoms with Crippen LogP contribution in [0.1, 0.15) is 18.4 Å². The fraction of sp³-hybridized carbons (Fsp3) is 0.400. The van der Waals surface area contributed by atoms with Crippen molar-refractivity contribution in [3.8, 4) is 0 Å². The summed E-state index contributed by atoms with van der Waals surface area (Å²) in [5.74, 6) is 0. The molecule has 0 atom stereocenters. The molecule has 102 valence electrons. The molecule has 4 nitrogen and oxygen atoms in total. The Morgan fingerprint density at radius 1 is 1.32 bits per heavy atom. The van der Waals surface area contributed by atoms with Crippen molar-refractivity contribution in [3.63, 3.8) is 0 Å². The van der Waals surface area contributed by atoms with Gasteiger partial charge in [0.1, 0.15) is 0 Å². The lowest BCUT2D eigenvalue weighted by atomic mass is 10.1. The number of hydrogen-bond donors (Lipinski definition) is 1. The lowest BCUT2D eigenvalue weighted by molar-refractivity contribution is 0.119. The van der Waals surface area contributed by atoms with Crippen molar-refractivity contribution < 1.29 is 9.53 Å². The first kappa shape index (κ1) is 13.6. The predicted octanol–water partition coefficient (Wildman–Crippen LogP) is 2.52. The fourth-order valence-electron chi connectivity index (χ4n) is 1.98. The topological polar surface area (TPSA) is 41.6 Å². The van der Waals surface area contributed by atoms with Crippen LogP contribution in [0.15, 0.2) is 42.1 Å². The Morgan fingerprint density at radius 2 is 2.00 bits per heavy atom. The van der Waals surface area contributed by atoms with E-state index in [1.54, 1.807) is 11.9 Å². The zero-order valence-corrected chi connectivity index (χ0v) is 11.3. The van der Waals surface area contributed by atoms with Gasteiger partial charge in [0.15, 0.2) is 0 Å². The zero-order chi connectivity index (χ0) is 13.5. The van der Waals surface area contributed by atoms with E-state index in [4.69, 9.17) is 4.74 Å². The van der Waals surface area contributed by atoms with Crippen LogP contribution >= 0.6 is 0 Å². The molecule has 19 heavy (non-hydrogen) atoms. The van der Waals surface area contributed by atoms with E-state index < -0.39 is 0 Å². The standard InChI is InChI=1S/C15H20N2O2/c1-17(12-14-5-3-2-4-6-14)15(18)16-11-13-7-9-19-10-8-13/h2-6,11H,7-10,12H2,1H3,(H,16,18). The normalized spacial score (nSPS) is 14.9. The smallest absolute Gasteiger partial charge is 0.321 e. The Balaban J connectivity index is 1.82. The van der Waals surface area contributed by atoms with Gasteiger partial charge in [-0.1, -0.05) is 30.3 Å². The summed E-state index contributed by atoms with van der Waals surface area (Å²) in [6.45, 7) is 2.11. The Kier molecular flexibility index (Phi) is 4.98. The van der Waals surface area contributed by atoms with Gasteiger partial charge in [-0.05, 0) is 24.0 Å². The molecule has 0 bridgehead atoms. The number of carbonyl (C=O) groups excluding carboxylic acids is 1. The summed E-state index contributed by atoms with van der Waals surface area (Å²) in [6, 6.07) is 9.87. The van der Waals surface area contributed by atoms with Crippen LogP contribution in [-0.2, 0) is 11.3 Å². The first-order valence-electron chi connectivity index (χ1n) is 6.57. The third-order valence-electron chi connectivity index (χ3n) is 3.14. The van der Waals surface area contributed by atoms with E-state index in [2.05, 4.69) is 5.32 Å². The van der Waals surface area contributed by atoms with Crippen molar-refractivity contribution in [1.82, 2.24) is 10.2 Å². The zero-order valence-electron chi connectivity index (χ0n) is 11.3. The molecule has 1 aromatic rings. The molecule has 0 unspecified atom stereocenters. The number of urea groups is 1. The molecule has 0 radical (unpaired) electrons. The summed E-state index contributed by atoms with van der Waals surface area (Å²) >= 11 is 0. The van der Waals surface area contributed by atoms with Gasteiger partial charge < -0.3 is 15.0 Å². The molecule has 2 amide bonds. The van der Waals surface area contributed by atoms with Crippen molar-refractivity contribution >= 4 is 6.03 Å². The van der Waals surface area contributed by atoms with Gasteiger partial charge in [0, 0.05) is 19.8 Å². The summed E-state index contributed by atoms with van der Waals surface area (Å²) < 4.78 is 5.27. The van der Waals surface area contributed by atoms with Crippen LogP contribution in [0.5, 0.6) is 0 Å². The van der Waals surface area contributed by atoms with Crippen LogP contribution in [0.25, 0.3) is 0 Å². The second kappa shape index (κ2) is 6.95. The molecule has 0 aromatic heterocycles. The van der Waals surface area contributed by atoms with Gasteiger partial charge in [-0.3, -0.25) is 0 Å². The fourth-order valence-corrected chi connectivity index (χ4v) is 1.98. The Labute approximate surface area is 114 Å². The molecule has 1 N–H and O–H groups in total. The maximum absolute atomic E-state index is 11.9. The van der Waals surface area contributed by atoms with Gasteiger partial charge in [-0.25, -0.2) is 4.79 Å². The third kappa shape index (κ3) is 4.41. The monoisotopic (exact) mass is 260 g/mol. The highest BCUT2D eigenvalue weighted by atomic mass is 16.5. The number of carbonyl (C=O) groups is 1. The summed E-state index contributed by atoms with van der Waals surface area (Å²) in [5.41, 5.74) is 2.37. The van der Waals surface area contributed by atoms with Crippen molar-refractivity contribution in [2.24, 2.45) is 0 Å². The van der Waals surface area contributed by atoms with E-state index >= 15 is 0 Å². The molecule has 0 spiro atoms. The number of benzene rings is 1. The molecular weight excluding hydrogens is 240 g/mol. The summed E-state index contributed by atoms with van der Waals surface area (Å²) in [4.78, 5) is 13.6. The maximum atomic E-state index is 11.9. The molecule has 1 aliphatic heterocycles. The Morgan fingerprint density at radius 3 is 2.68 bits per heavy atom. The van der Waals surface area contributed by atoms with Gasteiger partial charge in [-0.15, -0.1) is 0 Å². The van der Waals surface area contributed by atoms with Gasteiger partial charge >= 0.3 is 6.03 Å². The SMILES string of the molecule is CN(Cc1ccccc1)C(=O)NC=C1CCOCC1. The molecule has 1 fully saturated rings. The lowest BCUT2D eigenvalue weighted by Gasteiger charge is -2.18. The first-order valence-corrected chi connectivity index (χ1v) is 6.57. The average Bonchev–Trinajstić information content (AvgIpc) is 2.47. The average molecular weight is 260 g/mol. The van der Waals surface area contributed by atoms with Crippen LogP contribution in [0.2, 0.25) is 0 Å². The second-order valence-corrected chi connectivity index (χ2v) is 4.71. The number of nitrogens with one attached hydrogen (secondary N) is 1. The highest BCUT2D eigenvalue weighted by Gasteiger charge is 2.09. The van der Waals surface area contributed by atoms with Gasteiger partial charge in [0.25, 0.3) is 0 Å². The van der Waals surface area contributed by atoms with Gasteiger partial charge in [-0.2, -0.15) is 0 Å². The van der Waals surface area contributed by atoms with E-state index in [1.165, 1.54) is 5.57 Å². The minimum Gasteiger partial charge on any atom is -0.381 e. The van der Waals surface area contributed by atoms with Gasteiger partial charge in [0.05, 0.1) is 13.2 Å². The molecular formula is C15H20N2O2. The molecule has 1 aromatic carbocycles. The van der Waals surface area contributed by atoms with Crippen LogP contribution in [0, 0.1) is 0 Å². The van der Waals surface area contributed by atoms with Crippen molar-refractivity contribution in [2.45, 2.75) is 19.4 Å². The van der Waals surface area contributed by atoms with Crippen molar-refractivity contribution in [2.75, 3.05) is 20.3 Å². The number of ether oxygens (including phenoxy) is 1. The minimum absolute atomic E-state index is 0.0807. The van der Waals surface area contributed by atoms with Gasteiger partial charge in [0.2, 0.25) is 0 Å². The molecule has 0 saturated carbocycles. The first-order chi connectivity index (χ1) is 9.25. The third-order valence-corrected chi connectivity index (χ3v) is 3.14. The van der Waals surface area contributed by atoms with Crippen molar-refractivity contribution in [1.29, 1.82) is 0 Å². The number of amides is 2. The quantitative estimate of drug-likeness (QED) is 0.907. The largest absolute Gasteiger partial charge is 0.381 e. The second-order valence-electron chi connectivity index (χ2n) is 4.71. The van der Waals surface area contributed by atoms with E-state index in [0.29, 0.717) is 6.54 Å². The van der Waals surface area contributed by atoms with Crippen LogP contribution < -0.4 is 5.32 Å². The van der Waals surface area contributed by atoms with Crippen LogP contribution in [0.3, 0.4) is 0 Å². The number of rotatable bonds is 3. The molecule has 1 heterocycles. The molecule has 2 rings (SSSR count). The lowest BCUT2D eigenvalue weighted by Crippen LogP contribution is -2.34. The minimum atomic E-state index is -0.0807. The van der Waals surface area contributed by atoms with E-state index in [9.17, 15) is 4.79 Å². The molecule has 1 saturated heterocycles. The Bertz CT molecular complexity index is 435. The number of nitrogens with zero attached hydrogens (tertiary/aromatic N) is 1.